The molecule has 0 bridgehead atoms. The Kier molecular flexibility index (Phi) is 3.69. The molecule has 0 atom stereocenters. The summed E-state index contributed by atoms with van der Waals surface area (Å²) < 4.78 is 19.8. The van der Waals surface area contributed by atoms with Crippen molar-refractivity contribution in [2.45, 2.75) is 0 Å². The highest BCUT2D eigenvalue weighted by Crippen LogP contribution is 2.10. The van der Waals surface area contributed by atoms with Gasteiger partial charge in [-0.2, -0.15) is 4.68 Å². The van der Waals surface area contributed by atoms with Crippen LogP contribution in [0.5, 0.6) is 0 Å². The van der Waals surface area contributed by atoms with Crippen LogP contribution in [0, 0.1) is 5.82 Å². The number of halogens is 1. The van der Waals surface area contributed by atoms with Crippen molar-refractivity contribution in [2.75, 3.05) is 26.3 Å². The van der Waals surface area contributed by atoms with Crippen LogP contribution in [0.25, 0.3) is 11.8 Å². The summed E-state index contributed by atoms with van der Waals surface area (Å²) in [5.74, 6) is 0.315. The minimum Gasteiger partial charge on any atom is -0.378 e. The molecule has 0 spiro atoms. The Morgan fingerprint density at radius 1 is 1.15 bits per heavy atom. The smallest absolute Gasteiger partial charge is 0.181 e. The number of hydrogen-bond donors (Lipinski definition) is 0. The van der Waals surface area contributed by atoms with Gasteiger partial charge in [0.15, 0.2) is 5.82 Å². The minimum absolute atomic E-state index is 0.285. The zero-order valence-corrected chi connectivity index (χ0v) is 10.8. The maximum Gasteiger partial charge on any atom is 0.181 e. The van der Waals surface area contributed by atoms with E-state index in [0.29, 0.717) is 5.82 Å². The first-order chi connectivity index (χ1) is 9.83. The number of ether oxygens (including phenoxy) is 1. The lowest BCUT2D eigenvalue weighted by Gasteiger charge is -2.24. The molecule has 2 aromatic rings. The molecule has 7 heteroatoms. The van der Waals surface area contributed by atoms with Gasteiger partial charge in [-0.05, 0) is 34.7 Å². The fraction of sp³-hybridized carbons (Fsp3) is 0.308. The molecule has 2 heterocycles. The van der Waals surface area contributed by atoms with Crippen molar-refractivity contribution in [3.63, 3.8) is 0 Å². The van der Waals surface area contributed by atoms with E-state index in [1.165, 1.54) is 12.1 Å². The second kappa shape index (κ2) is 5.79. The Balaban J connectivity index is 1.79. The molecule has 104 valence electrons. The van der Waals surface area contributed by atoms with Gasteiger partial charge in [0.1, 0.15) is 5.82 Å². The number of morpholine rings is 1. The molecule has 0 radical (unpaired) electrons. The van der Waals surface area contributed by atoms with Gasteiger partial charge in [-0.15, -0.1) is 5.10 Å². The first-order valence-electron chi connectivity index (χ1n) is 6.37. The number of aromatic nitrogens is 4. The first-order valence-corrected chi connectivity index (χ1v) is 6.37. The van der Waals surface area contributed by atoms with Gasteiger partial charge in [0.2, 0.25) is 0 Å². The van der Waals surface area contributed by atoms with Crippen LogP contribution in [0.3, 0.4) is 0 Å². The molecule has 1 aliphatic heterocycles. The van der Waals surface area contributed by atoms with Crippen molar-refractivity contribution in [3.8, 4) is 5.69 Å². The molecule has 1 aliphatic rings. The van der Waals surface area contributed by atoms with E-state index in [-0.39, 0.29) is 5.82 Å². The molecule has 0 amide bonds. The number of rotatable bonds is 3. The summed E-state index contributed by atoms with van der Waals surface area (Å²) >= 11 is 0. The second-order valence-electron chi connectivity index (χ2n) is 4.39. The molecule has 0 unspecified atom stereocenters. The third-order valence-corrected chi connectivity index (χ3v) is 3.04. The van der Waals surface area contributed by atoms with Crippen LogP contribution in [0.4, 0.5) is 4.39 Å². The molecule has 0 saturated carbocycles. The summed E-state index contributed by atoms with van der Waals surface area (Å²) in [6, 6.07) is 6.04. The number of nitrogens with zero attached hydrogens (tertiary/aromatic N) is 5. The maximum absolute atomic E-state index is 12.9. The Bertz CT molecular complexity index is 589. The van der Waals surface area contributed by atoms with E-state index in [0.717, 1.165) is 32.0 Å². The van der Waals surface area contributed by atoms with Crippen LogP contribution in [-0.2, 0) is 4.74 Å². The molecule has 1 saturated heterocycles. The molecule has 6 nitrogen and oxygen atoms in total. The molecule has 1 fully saturated rings. The lowest BCUT2D eigenvalue weighted by Crippen LogP contribution is -2.31. The van der Waals surface area contributed by atoms with Crippen molar-refractivity contribution in [3.05, 3.63) is 42.1 Å². The average molecular weight is 275 g/mol. The predicted molar refractivity (Wildman–Crippen MR) is 70.5 cm³/mol. The van der Waals surface area contributed by atoms with E-state index in [2.05, 4.69) is 20.4 Å². The topological polar surface area (TPSA) is 56.1 Å². The molecular weight excluding hydrogens is 261 g/mol. The summed E-state index contributed by atoms with van der Waals surface area (Å²) in [4.78, 5) is 2.15. The number of tetrazole rings is 1. The van der Waals surface area contributed by atoms with Crippen LogP contribution < -0.4 is 0 Å². The monoisotopic (exact) mass is 275 g/mol. The lowest BCUT2D eigenvalue weighted by atomic mass is 10.3. The van der Waals surface area contributed by atoms with Crippen LogP contribution >= 0.6 is 0 Å². The highest BCUT2D eigenvalue weighted by atomic mass is 19.1. The zero-order chi connectivity index (χ0) is 13.8. The minimum atomic E-state index is -0.285. The van der Waals surface area contributed by atoms with Gasteiger partial charge in [-0.25, -0.2) is 4.39 Å². The normalized spacial score (nSPS) is 15.9. The van der Waals surface area contributed by atoms with Gasteiger partial charge >= 0.3 is 0 Å². The number of hydrogen-bond acceptors (Lipinski definition) is 5. The molecule has 1 aromatic heterocycles. The zero-order valence-electron chi connectivity index (χ0n) is 10.8. The van der Waals surface area contributed by atoms with E-state index >= 15 is 0 Å². The quantitative estimate of drug-likeness (QED) is 0.839. The third kappa shape index (κ3) is 2.83. The summed E-state index contributed by atoms with van der Waals surface area (Å²) in [6.45, 7) is 3.17. The van der Waals surface area contributed by atoms with E-state index in [1.807, 2.05) is 12.3 Å². The first kappa shape index (κ1) is 12.7. The van der Waals surface area contributed by atoms with E-state index in [9.17, 15) is 4.39 Å². The summed E-state index contributed by atoms with van der Waals surface area (Å²) in [5, 5.41) is 11.5. The van der Waals surface area contributed by atoms with Crippen molar-refractivity contribution in [1.82, 2.24) is 25.1 Å². The van der Waals surface area contributed by atoms with Crippen LogP contribution in [-0.4, -0.2) is 51.4 Å². The van der Waals surface area contributed by atoms with Gasteiger partial charge < -0.3 is 9.64 Å². The van der Waals surface area contributed by atoms with Crippen molar-refractivity contribution >= 4 is 6.08 Å². The highest BCUT2D eigenvalue weighted by Gasteiger charge is 2.08. The lowest BCUT2D eigenvalue weighted by molar-refractivity contribution is 0.0597. The summed E-state index contributed by atoms with van der Waals surface area (Å²) in [6.07, 6.45) is 3.79. The molecule has 0 aliphatic carbocycles. The van der Waals surface area contributed by atoms with Crippen molar-refractivity contribution < 1.29 is 9.13 Å². The van der Waals surface area contributed by atoms with Crippen molar-refractivity contribution in [2.24, 2.45) is 0 Å². The van der Waals surface area contributed by atoms with Gasteiger partial charge in [0, 0.05) is 25.4 Å². The van der Waals surface area contributed by atoms with Gasteiger partial charge in [0.25, 0.3) is 0 Å². The Morgan fingerprint density at radius 2 is 1.90 bits per heavy atom. The molecular formula is C13H14FN5O. The molecule has 3 rings (SSSR count). The Labute approximate surface area is 115 Å². The molecule has 20 heavy (non-hydrogen) atoms. The van der Waals surface area contributed by atoms with E-state index < -0.39 is 0 Å². The van der Waals surface area contributed by atoms with Crippen LogP contribution in [0.2, 0.25) is 0 Å². The van der Waals surface area contributed by atoms with Crippen molar-refractivity contribution in [1.29, 1.82) is 0 Å². The van der Waals surface area contributed by atoms with E-state index in [1.54, 1.807) is 16.8 Å². The predicted octanol–water partition coefficient (Wildman–Crippen LogP) is 1.10. The number of benzene rings is 1. The summed E-state index contributed by atoms with van der Waals surface area (Å²) in [7, 11) is 0. The highest BCUT2D eigenvalue weighted by molar-refractivity contribution is 5.44. The van der Waals surface area contributed by atoms with Gasteiger partial charge in [-0.1, -0.05) is 0 Å². The Morgan fingerprint density at radius 3 is 2.65 bits per heavy atom. The molecule has 0 N–H and O–H groups in total. The summed E-state index contributed by atoms with van der Waals surface area (Å²) in [5.41, 5.74) is 0.720. The Hall–Kier alpha value is -2.28. The second-order valence-corrected chi connectivity index (χ2v) is 4.39. The fourth-order valence-electron chi connectivity index (χ4n) is 1.96. The van der Waals surface area contributed by atoms with Gasteiger partial charge in [-0.3, -0.25) is 0 Å². The van der Waals surface area contributed by atoms with Crippen LogP contribution in [0.1, 0.15) is 5.82 Å². The standard InChI is InChI=1S/C13H14FN5O/c14-11-1-3-12(4-2-11)19-13(15-16-17-19)5-6-18-7-9-20-10-8-18/h1-6H,7-10H2/b6-5+. The van der Waals surface area contributed by atoms with Crippen LogP contribution in [0.15, 0.2) is 30.5 Å². The van der Waals surface area contributed by atoms with E-state index in [4.69, 9.17) is 4.74 Å². The largest absolute Gasteiger partial charge is 0.378 e. The SMILES string of the molecule is Fc1ccc(-n2nnnc2/C=C/N2CCOCC2)cc1. The molecule has 1 aromatic carbocycles. The average Bonchev–Trinajstić information content (AvgIpc) is 2.95. The third-order valence-electron chi connectivity index (χ3n) is 3.04. The fourth-order valence-corrected chi connectivity index (χ4v) is 1.96. The van der Waals surface area contributed by atoms with Gasteiger partial charge in [0.05, 0.1) is 18.9 Å². The maximum atomic E-state index is 12.9.